The Morgan fingerprint density at radius 2 is 1.90 bits per heavy atom. The van der Waals surface area contributed by atoms with E-state index >= 15 is 0 Å². The molecule has 0 spiro atoms. The van der Waals surface area contributed by atoms with Gasteiger partial charge in [-0.15, -0.1) is 11.3 Å². The standard InChI is InChI=1S/C22H19N5O3S/c1-12-6-7-14(26-21(28)13-4-3-5-15(8-13)30-2)9-17(12)27-22(29)16-10-31-19-18(16)24-11-25-20(19)23/h3-11H,1-2H3,(H,26,28)(H,27,29)(H2,23,24,25). The highest BCUT2D eigenvalue weighted by atomic mass is 32.1. The van der Waals surface area contributed by atoms with E-state index in [2.05, 4.69) is 20.6 Å². The number of anilines is 3. The quantitative estimate of drug-likeness (QED) is 0.436. The van der Waals surface area contributed by atoms with Gasteiger partial charge in [0.05, 0.1) is 22.9 Å². The zero-order valence-electron chi connectivity index (χ0n) is 16.8. The third-order valence-corrected chi connectivity index (χ3v) is 5.69. The highest BCUT2D eigenvalue weighted by Crippen LogP contribution is 2.29. The number of aryl methyl sites for hydroxylation is 1. The number of rotatable bonds is 5. The summed E-state index contributed by atoms with van der Waals surface area (Å²) in [5.41, 5.74) is 9.23. The van der Waals surface area contributed by atoms with Gasteiger partial charge in [0.2, 0.25) is 0 Å². The molecule has 0 aliphatic heterocycles. The number of hydrogen-bond donors (Lipinski definition) is 3. The predicted molar refractivity (Wildman–Crippen MR) is 122 cm³/mol. The smallest absolute Gasteiger partial charge is 0.258 e. The fourth-order valence-electron chi connectivity index (χ4n) is 3.02. The lowest BCUT2D eigenvalue weighted by Crippen LogP contribution is -2.15. The number of fused-ring (bicyclic) bond motifs is 1. The molecule has 4 rings (SSSR count). The number of nitrogens with one attached hydrogen (secondary N) is 2. The number of ether oxygens (including phenoxy) is 1. The molecule has 0 saturated carbocycles. The summed E-state index contributed by atoms with van der Waals surface area (Å²) in [7, 11) is 1.54. The number of thiophene rings is 1. The van der Waals surface area contributed by atoms with E-state index in [9.17, 15) is 9.59 Å². The Labute approximate surface area is 182 Å². The second-order valence-corrected chi connectivity index (χ2v) is 7.64. The average Bonchev–Trinajstić information content (AvgIpc) is 3.22. The van der Waals surface area contributed by atoms with E-state index < -0.39 is 0 Å². The van der Waals surface area contributed by atoms with E-state index in [-0.39, 0.29) is 11.8 Å². The van der Waals surface area contributed by atoms with Crippen LogP contribution in [-0.2, 0) is 0 Å². The zero-order chi connectivity index (χ0) is 22.0. The summed E-state index contributed by atoms with van der Waals surface area (Å²) in [6, 6.07) is 12.2. The molecule has 0 radical (unpaired) electrons. The van der Waals surface area contributed by atoms with Crippen LogP contribution in [0.15, 0.2) is 54.2 Å². The molecule has 0 atom stereocenters. The number of nitrogen functional groups attached to an aromatic ring is 1. The summed E-state index contributed by atoms with van der Waals surface area (Å²) in [6.45, 7) is 1.87. The van der Waals surface area contributed by atoms with Gasteiger partial charge in [0.1, 0.15) is 17.9 Å². The van der Waals surface area contributed by atoms with E-state index in [0.717, 1.165) is 5.56 Å². The van der Waals surface area contributed by atoms with Gasteiger partial charge in [-0.2, -0.15) is 0 Å². The van der Waals surface area contributed by atoms with Gasteiger partial charge in [0.25, 0.3) is 11.8 Å². The maximum Gasteiger partial charge on any atom is 0.258 e. The van der Waals surface area contributed by atoms with Gasteiger partial charge in [0, 0.05) is 22.3 Å². The Hall–Kier alpha value is -3.98. The maximum absolute atomic E-state index is 12.9. The lowest BCUT2D eigenvalue weighted by Gasteiger charge is -2.12. The van der Waals surface area contributed by atoms with Crippen LogP contribution in [0.2, 0.25) is 0 Å². The van der Waals surface area contributed by atoms with Crippen molar-refractivity contribution in [3.05, 3.63) is 70.9 Å². The van der Waals surface area contributed by atoms with Crippen molar-refractivity contribution in [1.29, 1.82) is 0 Å². The van der Waals surface area contributed by atoms with E-state index in [0.29, 0.717) is 44.3 Å². The molecule has 0 unspecified atom stereocenters. The van der Waals surface area contributed by atoms with Gasteiger partial charge in [-0.3, -0.25) is 9.59 Å². The van der Waals surface area contributed by atoms with Crippen molar-refractivity contribution in [2.45, 2.75) is 6.92 Å². The Morgan fingerprint density at radius 3 is 2.71 bits per heavy atom. The normalized spacial score (nSPS) is 10.6. The summed E-state index contributed by atoms with van der Waals surface area (Å²) in [4.78, 5) is 33.6. The van der Waals surface area contributed by atoms with Crippen LogP contribution in [0.3, 0.4) is 0 Å². The molecule has 2 aromatic carbocycles. The summed E-state index contributed by atoms with van der Waals surface area (Å²) in [5, 5.41) is 7.44. The van der Waals surface area contributed by atoms with Crippen molar-refractivity contribution in [2.75, 3.05) is 23.5 Å². The number of hydrogen-bond acceptors (Lipinski definition) is 7. The second kappa shape index (κ2) is 8.41. The molecule has 4 aromatic rings. The minimum absolute atomic E-state index is 0.281. The lowest BCUT2D eigenvalue weighted by molar-refractivity contribution is 0.102. The van der Waals surface area contributed by atoms with Crippen LogP contribution >= 0.6 is 11.3 Å². The Bertz CT molecular complexity index is 1300. The Kier molecular flexibility index (Phi) is 5.50. The number of benzene rings is 2. The van der Waals surface area contributed by atoms with E-state index in [4.69, 9.17) is 10.5 Å². The molecule has 2 amide bonds. The molecule has 2 aromatic heterocycles. The van der Waals surface area contributed by atoms with Crippen molar-refractivity contribution in [1.82, 2.24) is 9.97 Å². The predicted octanol–water partition coefficient (Wildman–Crippen LogP) is 4.10. The molecule has 0 aliphatic carbocycles. The first-order chi connectivity index (χ1) is 15.0. The third kappa shape index (κ3) is 4.17. The van der Waals surface area contributed by atoms with Crippen LogP contribution in [0.5, 0.6) is 5.75 Å². The molecule has 8 nitrogen and oxygen atoms in total. The number of carbonyl (C=O) groups is 2. The van der Waals surface area contributed by atoms with Gasteiger partial charge >= 0.3 is 0 Å². The molecule has 4 N–H and O–H groups in total. The van der Waals surface area contributed by atoms with Gasteiger partial charge in [0.15, 0.2) is 0 Å². The van der Waals surface area contributed by atoms with Gasteiger partial charge in [-0.1, -0.05) is 12.1 Å². The monoisotopic (exact) mass is 433 g/mol. The molecule has 31 heavy (non-hydrogen) atoms. The molecule has 0 saturated heterocycles. The first-order valence-corrected chi connectivity index (χ1v) is 10.2. The van der Waals surface area contributed by atoms with Crippen molar-refractivity contribution in [2.24, 2.45) is 0 Å². The van der Waals surface area contributed by atoms with E-state index in [1.165, 1.54) is 17.7 Å². The topological polar surface area (TPSA) is 119 Å². The van der Waals surface area contributed by atoms with Crippen LogP contribution in [0.25, 0.3) is 10.2 Å². The second-order valence-electron chi connectivity index (χ2n) is 6.76. The van der Waals surface area contributed by atoms with E-state index in [1.54, 1.807) is 48.9 Å². The van der Waals surface area contributed by atoms with Crippen molar-refractivity contribution in [3.63, 3.8) is 0 Å². The lowest BCUT2D eigenvalue weighted by atomic mass is 10.1. The van der Waals surface area contributed by atoms with Crippen molar-refractivity contribution in [3.8, 4) is 5.75 Å². The molecule has 0 fully saturated rings. The summed E-state index contributed by atoms with van der Waals surface area (Å²) in [6.07, 6.45) is 1.33. The number of nitrogens with zero attached hydrogens (tertiary/aromatic N) is 2. The summed E-state index contributed by atoms with van der Waals surface area (Å²) < 4.78 is 5.83. The summed E-state index contributed by atoms with van der Waals surface area (Å²) in [5.74, 6) is 0.337. The molecule has 2 heterocycles. The SMILES string of the molecule is COc1cccc(C(=O)Nc2ccc(C)c(NC(=O)c3csc4c(N)ncnc34)c2)c1. The van der Waals surface area contributed by atoms with Crippen LogP contribution in [0.1, 0.15) is 26.3 Å². The molecule has 0 bridgehead atoms. The zero-order valence-corrected chi connectivity index (χ0v) is 17.6. The molecule has 9 heteroatoms. The fraction of sp³-hybridized carbons (Fsp3) is 0.0909. The minimum Gasteiger partial charge on any atom is -0.497 e. The Morgan fingerprint density at radius 1 is 1.06 bits per heavy atom. The number of amides is 2. The van der Waals surface area contributed by atoms with Crippen LogP contribution in [-0.4, -0.2) is 28.9 Å². The molecular formula is C22H19N5O3S. The molecular weight excluding hydrogens is 414 g/mol. The van der Waals surface area contributed by atoms with Crippen LogP contribution in [0, 0.1) is 6.92 Å². The number of nitrogens with two attached hydrogens (primary N) is 1. The summed E-state index contributed by atoms with van der Waals surface area (Å²) >= 11 is 1.32. The first kappa shape index (κ1) is 20.3. The van der Waals surface area contributed by atoms with Gasteiger partial charge in [-0.05, 0) is 42.8 Å². The number of aromatic nitrogens is 2. The maximum atomic E-state index is 12.9. The number of carbonyl (C=O) groups excluding carboxylic acids is 2. The largest absolute Gasteiger partial charge is 0.497 e. The molecule has 156 valence electrons. The average molecular weight is 433 g/mol. The Balaban J connectivity index is 1.55. The third-order valence-electron chi connectivity index (χ3n) is 4.70. The first-order valence-electron chi connectivity index (χ1n) is 9.31. The van der Waals surface area contributed by atoms with Crippen molar-refractivity contribution < 1.29 is 14.3 Å². The molecule has 0 aliphatic rings. The highest BCUT2D eigenvalue weighted by Gasteiger charge is 2.17. The highest BCUT2D eigenvalue weighted by molar-refractivity contribution is 7.18. The minimum atomic E-state index is -0.316. The van der Waals surface area contributed by atoms with Crippen LogP contribution < -0.4 is 21.1 Å². The van der Waals surface area contributed by atoms with Gasteiger partial charge < -0.3 is 21.1 Å². The number of methoxy groups -OCH3 is 1. The fourth-order valence-corrected chi connectivity index (χ4v) is 3.92. The van der Waals surface area contributed by atoms with E-state index in [1.807, 2.05) is 13.0 Å². The van der Waals surface area contributed by atoms with Crippen molar-refractivity contribution >= 4 is 50.6 Å². The van der Waals surface area contributed by atoms with Crippen LogP contribution in [0.4, 0.5) is 17.2 Å². The van der Waals surface area contributed by atoms with Gasteiger partial charge in [-0.25, -0.2) is 9.97 Å².